The van der Waals surface area contributed by atoms with Crippen molar-refractivity contribution in [2.45, 2.75) is 94.2 Å². The summed E-state index contributed by atoms with van der Waals surface area (Å²) in [7, 11) is -1.58. The summed E-state index contributed by atoms with van der Waals surface area (Å²) in [5.74, 6) is 5.52. The maximum absolute atomic E-state index is 3.41. The number of benzene rings is 2. The molecule has 183 valence electrons. The zero-order valence-corrected chi connectivity index (χ0v) is 28.0. The Morgan fingerprint density at radius 2 is 1.06 bits per heavy atom. The normalized spacial score (nSPS) is 21.1. The van der Waals surface area contributed by atoms with Gasteiger partial charge in [0.05, 0.1) is 0 Å². The van der Waals surface area contributed by atoms with E-state index in [1.54, 1.807) is 44.5 Å². The Hall–Kier alpha value is -0.654. The van der Waals surface area contributed by atoms with Gasteiger partial charge in [-0.25, -0.2) is 0 Å². The van der Waals surface area contributed by atoms with E-state index in [0.29, 0.717) is 7.25 Å². The Bertz CT molecular complexity index is 1050. The van der Waals surface area contributed by atoms with Crippen LogP contribution in [0.5, 0.6) is 0 Å². The average Bonchev–Trinajstić information content (AvgIpc) is 3.27. The van der Waals surface area contributed by atoms with E-state index in [0.717, 1.165) is 0 Å². The Kier molecular flexibility index (Phi) is 7.78. The molecule has 2 unspecified atom stereocenters. The van der Waals surface area contributed by atoms with E-state index in [1.807, 2.05) is 0 Å². The third-order valence-electron chi connectivity index (χ3n) is 10.2. The van der Waals surface area contributed by atoms with Gasteiger partial charge in [-0.2, -0.15) is 0 Å². The first-order valence-corrected chi connectivity index (χ1v) is 35.1. The van der Waals surface area contributed by atoms with E-state index >= 15 is 0 Å². The second kappa shape index (κ2) is 10.0. The molecule has 2 aliphatic rings. The zero-order chi connectivity index (χ0) is 24.7. The summed E-state index contributed by atoms with van der Waals surface area (Å²) in [4.78, 5) is 0. The first kappa shape index (κ1) is 26.4. The van der Waals surface area contributed by atoms with Gasteiger partial charge >= 0.3 is 214 Å². The van der Waals surface area contributed by atoms with Crippen LogP contribution < -0.4 is 0 Å². The average molecular weight is 596 g/mol. The molecule has 2 aliphatic carbocycles. The molecule has 0 saturated heterocycles. The first-order chi connectivity index (χ1) is 16.2. The van der Waals surface area contributed by atoms with Gasteiger partial charge in [0.15, 0.2) is 0 Å². The van der Waals surface area contributed by atoms with Crippen LogP contribution in [0.25, 0.3) is 11.1 Å². The molecule has 0 heterocycles. The Morgan fingerprint density at radius 3 is 1.41 bits per heavy atom. The third-order valence-corrected chi connectivity index (χ3v) is 85.3. The number of allylic oxidation sites excluding steroid dienone is 4. The van der Waals surface area contributed by atoms with E-state index in [2.05, 4.69) is 97.0 Å². The van der Waals surface area contributed by atoms with Crippen LogP contribution in [0.4, 0.5) is 0 Å². The molecule has 0 nitrogen and oxygen atoms in total. The minimum absolute atomic E-state index is 0.711. The van der Waals surface area contributed by atoms with Crippen LogP contribution in [-0.4, -0.2) is 10.6 Å². The molecule has 2 atom stereocenters. The van der Waals surface area contributed by atoms with Crippen LogP contribution in [0.15, 0.2) is 59.7 Å². The SMILES string of the molecule is CCCCC1=C(C)[CH]([Zr]([CH3])([CH3])([CH]2C(C)=C(CCCC)c3ccccc32)[GeH]([CH3])[CH3])c2ccccc21. The number of rotatable bonds is 9. The van der Waals surface area contributed by atoms with Gasteiger partial charge in [-0.15, -0.1) is 0 Å². The second-order valence-corrected chi connectivity index (χ2v) is 70.9. The molecule has 2 aromatic carbocycles. The molecule has 2 heteroatoms. The van der Waals surface area contributed by atoms with Gasteiger partial charge in [-0.1, -0.05) is 0 Å². The van der Waals surface area contributed by atoms with Gasteiger partial charge in [-0.3, -0.25) is 0 Å². The molecule has 2 aromatic rings. The molecule has 0 radical (unpaired) electrons. The van der Waals surface area contributed by atoms with Crippen molar-refractivity contribution in [2.75, 3.05) is 0 Å². The summed E-state index contributed by atoms with van der Waals surface area (Å²) in [5, 5.41) is 0. The standard InChI is InChI=1S/2C14H17.C2H7Ge.2CH3.Zr/c2*1-3-4-8-13-11(2)10-12-7-5-6-9-14(12)13;1-3-2;;;/h2*5-7,9-10H,3-4,8H2,1-2H3;3H,1-2H3;2*1H3;. The molecule has 0 aromatic heterocycles. The van der Waals surface area contributed by atoms with E-state index in [9.17, 15) is 0 Å². The first-order valence-electron chi connectivity index (χ1n) is 14.0. The molecule has 0 spiro atoms. The minimum atomic E-state index is -3.41. The van der Waals surface area contributed by atoms with Crippen molar-refractivity contribution in [3.05, 3.63) is 81.9 Å². The summed E-state index contributed by atoms with van der Waals surface area (Å²) < 4.78 is 7.27. The summed E-state index contributed by atoms with van der Waals surface area (Å²) in [6.45, 7) is 9.75. The molecular formula is C32H47GeZr. The van der Waals surface area contributed by atoms with E-state index in [4.69, 9.17) is 0 Å². The van der Waals surface area contributed by atoms with Gasteiger partial charge in [0.25, 0.3) is 0 Å². The quantitative estimate of drug-likeness (QED) is 0.253. The summed E-state index contributed by atoms with van der Waals surface area (Å²) in [6, 6.07) is 19.1. The van der Waals surface area contributed by atoms with Gasteiger partial charge in [0.1, 0.15) is 0 Å². The van der Waals surface area contributed by atoms with Crippen molar-refractivity contribution in [3.63, 3.8) is 0 Å². The number of hydrogen-bond acceptors (Lipinski definition) is 0. The fraction of sp³-hybridized carbons (Fsp3) is 0.500. The number of hydrogen-bond donors (Lipinski definition) is 0. The Morgan fingerprint density at radius 1 is 0.676 bits per heavy atom. The van der Waals surface area contributed by atoms with E-state index in [-0.39, 0.29) is 0 Å². The van der Waals surface area contributed by atoms with Crippen molar-refractivity contribution < 1.29 is 16.3 Å². The predicted molar refractivity (Wildman–Crippen MR) is 153 cm³/mol. The molecule has 34 heavy (non-hydrogen) atoms. The predicted octanol–water partition coefficient (Wildman–Crippen LogP) is 10.2. The fourth-order valence-electron chi connectivity index (χ4n) is 7.84. The molecule has 0 aliphatic heterocycles. The van der Waals surface area contributed by atoms with Crippen molar-refractivity contribution in [1.82, 2.24) is 0 Å². The van der Waals surface area contributed by atoms with Gasteiger partial charge in [0.2, 0.25) is 0 Å². The number of fused-ring (bicyclic) bond motifs is 2. The molecule has 0 amide bonds. The van der Waals surface area contributed by atoms with Crippen LogP contribution in [0.3, 0.4) is 0 Å². The molecule has 4 rings (SSSR count). The maximum atomic E-state index is 2.92. The molecule has 0 N–H and O–H groups in total. The van der Waals surface area contributed by atoms with Crippen molar-refractivity contribution >= 4 is 21.7 Å². The van der Waals surface area contributed by atoms with Crippen molar-refractivity contribution in [2.24, 2.45) is 0 Å². The summed E-state index contributed by atoms with van der Waals surface area (Å²) >= 11 is -3.41. The molecule has 0 saturated carbocycles. The van der Waals surface area contributed by atoms with E-state index in [1.165, 1.54) is 38.5 Å². The topological polar surface area (TPSA) is 0 Å². The van der Waals surface area contributed by atoms with Crippen LogP contribution in [-0.2, 0) is 16.3 Å². The summed E-state index contributed by atoms with van der Waals surface area (Å²) in [6.07, 6.45) is 7.67. The Labute approximate surface area is 212 Å². The molecular weight excluding hydrogens is 548 g/mol. The van der Waals surface area contributed by atoms with Crippen LogP contribution in [0, 0.1) is 0 Å². The molecule has 0 fully saturated rings. The Balaban J connectivity index is 1.98. The number of unbranched alkanes of at least 4 members (excludes halogenated alkanes) is 2. The van der Waals surface area contributed by atoms with Crippen LogP contribution >= 0.6 is 0 Å². The third kappa shape index (κ3) is 3.96. The monoisotopic (exact) mass is 595 g/mol. The summed E-state index contributed by atoms with van der Waals surface area (Å²) in [5.41, 5.74) is 13.5. The zero-order valence-electron chi connectivity index (χ0n) is 23.1. The fourth-order valence-corrected chi connectivity index (χ4v) is 52.8. The van der Waals surface area contributed by atoms with Crippen LogP contribution in [0.1, 0.15) is 95.7 Å². The second-order valence-electron chi connectivity index (χ2n) is 12.5. The van der Waals surface area contributed by atoms with Crippen LogP contribution in [0.2, 0.25) is 20.8 Å². The van der Waals surface area contributed by atoms with Gasteiger partial charge in [0, 0.05) is 0 Å². The van der Waals surface area contributed by atoms with E-state index < -0.39 is 26.8 Å². The van der Waals surface area contributed by atoms with Crippen molar-refractivity contribution in [3.8, 4) is 0 Å². The van der Waals surface area contributed by atoms with Gasteiger partial charge in [-0.05, 0) is 0 Å². The molecule has 0 bridgehead atoms. The van der Waals surface area contributed by atoms with Gasteiger partial charge < -0.3 is 0 Å². The van der Waals surface area contributed by atoms with Crippen molar-refractivity contribution in [1.29, 1.82) is 0 Å².